The molecule has 2 N–H and O–H groups in total. The second kappa shape index (κ2) is 13.1. The molecule has 0 saturated heterocycles. The van der Waals surface area contributed by atoms with E-state index in [2.05, 4.69) is 46.1 Å². The van der Waals surface area contributed by atoms with E-state index in [9.17, 15) is 0 Å². The molecule has 1 aliphatic heterocycles. The Hall–Kier alpha value is -1.69. The van der Waals surface area contributed by atoms with E-state index >= 15 is 0 Å². The average molecular weight is 575 g/mol. The molecule has 1 aliphatic rings. The molecule has 1 atom stereocenters. The molecule has 2 aromatic rings. The standard InChI is InChI=1S/C22H34N6O2S.HI/c1-6-29-19-11-17-10-15(2)30-20(17)12-18(19)13-24-22(23-8-7-9-31-5)25-14-21-27-26-16(3)28(21)4;/h11-12,15H,6-10,13-14H2,1-5H3,(H2,23,24,25);1H. The summed E-state index contributed by atoms with van der Waals surface area (Å²) in [5.74, 6) is 5.44. The van der Waals surface area contributed by atoms with Gasteiger partial charge in [0.05, 0.1) is 19.7 Å². The molecule has 3 rings (SSSR count). The maximum Gasteiger partial charge on any atom is 0.191 e. The molecule has 0 radical (unpaired) electrons. The van der Waals surface area contributed by atoms with Crippen molar-refractivity contribution < 1.29 is 9.47 Å². The number of nitrogens with zero attached hydrogens (tertiary/aromatic N) is 4. The van der Waals surface area contributed by atoms with Crippen LogP contribution in [0.25, 0.3) is 0 Å². The van der Waals surface area contributed by atoms with Crippen molar-refractivity contribution in [1.82, 2.24) is 25.4 Å². The van der Waals surface area contributed by atoms with E-state index in [0.29, 0.717) is 19.7 Å². The molecule has 32 heavy (non-hydrogen) atoms. The number of rotatable bonds is 10. The van der Waals surface area contributed by atoms with E-state index in [0.717, 1.165) is 59.8 Å². The van der Waals surface area contributed by atoms with Crippen molar-refractivity contribution in [2.75, 3.05) is 25.2 Å². The third kappa shape index (κ3) is 7.16. The zero-order chi connectivity index (χ0) is 22.2. The molecule has 0 spiro atoms. The number of thioether (sulfide) groups is 1. The third-order valence-corrected chi connectivity index (χ3v) is 5.90. The van der Waals surface area contributed by atoms with Crippen LogP contribution in [-0.4, -0.2) is 52.0 Å². The number of aromatic nitrogens is 3. The van der Waals surface area contributed by atoms with Crippen LogP contribution < -0.4 is 20.1 Å². The van der Waals surface area contributed by atoms with Crippen molar-refractivity contribution in [3.8, 4) is 11.5 Å². The van der Waals surface area contributed by atoms with Crippen molar-refractivity contribution in [2.24, 2.45) is 12.0 Å². The van der Waals surface area contributed by atoms with Crippen LogP contribution in [0.2, 0.25) is 0 Å². The average Bonchev–Trinajstić information content (AvgIpc) is 3.27. The zero-order valence-electron chi connectivity index (χ0n) is 19.6. The van der Waals surface area contributed by atoms with E-state index in [1.165, 1.54) is 5.56 Å². The van der Waals surface area contributed by atoms with Gasteiger partial charge in [-0.05, 0) is 51.3 Å². The first-order valence-electron chi connectivity index (χ1n) is 10.8. The zero-order valence-corrected chi connectivity index (χ0v) is 22.8. The Kier molecular flexibility index (Phi) is 10.9. The molecule has 2 heterocycles. The normalized spacial score (nSPS) is 15.0. The van der Waals surface area contributed by atoms with Crippen LogP contribution in [0.4, 0.5) is 0 Å². The highest BCUT2D eigenvalue weighted by Crippen LogP contribution is 2.35. The molecular formula is C22H35IN6O2S. The molecule has 0 fully saturated rings. The number of benzene rings is 1. The molecule has 1 aromatic heterocycles. The van der Waals surface area contributed by atoms with Gasteiger partial charge in [-0.15, -0.1) is 34.2 Å². The van der Waals surface area contributed by atoms with E-state index in [1.54, 1.807) is 0 Å². The smallest absolute Gasteiger partial charge is 0.191 e. The quantitative estimate of drug-likeness (QED) is 0.195. The van der Waals surface area contributed by atoms with Gasteiger partial charge in [-0.2, -0.15) is 11.8 Å². The second-order valence-electron chi connectivity index (χ2n) is 7.65. The minimum atomic E-state index is 0. The summed E-state index contributed by atoms with van der Waals surface area (Å²) in [7, 11) is 1.97. The summed E-state index contributed by atoms with van der Waals surface area (Å²) in [5.41, 5.74) is 2.23. The highest BCUT2D eigenvalue weighted by molar-refractivity contribution is 14.0. The number of hydrogen-bond donors (Lipinski definition) is 2. The predicted octanol–water partition coefficient (Wildman–Crippen LogP) is 3.45. The van der Waals surface area contributed by atoms with Gasteiger partial charge in [-0.1, -0.05) is 0 Å². The Morgan fingerprint density at radius 3 is 2.84 bits per heavy atom. The molecule has 1 unspecified atom stereocenters. The SMILES string of the molecule is CCOc1cc2c(cc1CN=C(NCCCSC)NCc1nnc(C)n1C)OC(C)C2.I. The summed E-state index contributed by atoms with van der Waals surface area (Å²) in [5, 5.41) is 15.2. The number of aliphatic imine (C=N–C) groups is 1. The molecule has 8 nitrogen and oxygen atoms in total. The minimum Gasteiger partial charge on any atom is -0.494 e. The van der Waals surface area contributed by atoms with Crippen LogP contribution in [-0.2, 0) is 26.6 Å². The Labute approximate surface area is 212 Å². The summed E-state index contributed by atoms with van der Waals surface area (Å²) in [6.07, 6.45) is 4.31. The molecule has 0 saturated carbocycles. The van der Waals surface area contributed by atoms with Crippen LogP contribution in [0.3, 0.4) is 0 Å². The van der Waals surface area contributed by atoms with E-state index in [4.69, 9.17) is 14.5 Å². The Balaban J connectivity index is 0.00000363. The molecule has 178 valence electrons. The highest BCUT2D eigenvalue weighted by atomic mass is 127. The Morgan fingerprint density at radius 2 is 2.16 bits per heavy atom. The minimum absolute atomic E-state index is 0. The monoisotopic (exact) mass is 574 g/mol. The van der Waals surface area contributed by atoms with Gasteiger partial charge >= 0.3 is 0 Å². The lowest BCUT2D eigenvalue weighted by atomic mass is 10.1. The topological polar surface area (TPSA) is 85.6 Å². The first-order valence-corrected chi connectivity index (χ1v) is 12.2. The number of aryl methyl sites for hydroxylation is 1. The summed E-state index contributed by atoms with van der Waals surface area (Å²) in [4.78, 5) is 4.83. The number of nitrogens with one attached hydrogen (secondary N) is 2. The highest BCUT2D eigenvalue weighted by Gasteiger charge is 2.21. The fourth-order valence-corrected chi connectivity index (χ4v) is 3.86. The molecule has 0 amide bonds. The predicted molar refractivity (Wildman–Crippen MR) is 142 cm³/mol. The van der Waals surface area contributed by atoms with Gasteiger partial charge in [0.1, 0.15) is 23.4 Å². The van der Waals surface area contributed by atoms with Crippen LogP contribution in [0.15, 0.2) is 17.1 Å². The largest absolute Gasteiger partial charge is 0.494 e. The van der Waals surface area contributed by atoms with Crippen LogP contribution in [0.1, 0.15) is 43.0 Å². The first kappa shape index (κ1) is 26.6. The number of ether oxygens (including phenoxy) is 2. The molecular weight excluding hydrogens is 539 g/mol. The fraction of sp³-hybridized carbons (Fsp3) is 0.591. The summed E-state index contributed by atoms with van der Waals surface area (Å²) in [6, 6.07) is 4.18. The van der Waals surface area contributed by atoms with Crippen molar-refractivity contribution in [3.05, 3.63) is 34.9 Å². The lowest BCUT2D eigenvalue weighted by Gasteiger charge is -2.14. The molecule has 1 aromatic carbocycles. The van der Waals surface area contributed by atoms with Gasteiger partial charge in [0.25, 0.3) is 0 Å². The Morgan fingerprint density at radius 1 is 1.34 bits per heavy atom. The molecule has 10 heteroatoms. The maximum absolute atomic E-state index is 5.94. The summed E-state index contributed by atoms with van der Waals surface area (Å²) in [6.45, 7) is 8.56. The number of guanidine groups is 1. The van der Waals surface area contributed by atoms with Gasteiger partial charge in [0.2, 0.25) is 0 Å². The van der Waals surface area contributed by atoms with Crippen molar-refractivity contribution >= 4 is 41.7 Å². The van der Waals surface area contributed by atoms with Gasteiger partial charge in [-0.25, -0.2) is 4.99 Å². The van der Waals surface area contributed by atoms with Crippen LogP contribution in [0.5, 0.6) is 11.5 Å². The molecule has 0 aliphatic carbocycles. The maximum atomic E-state index is 5.94. The number of fused-ring (bicyclic) bond motifs is 1. The van der Waals surface area contributed by atoms with Crippen LogP contribution in [0, 0.1) is 6.92 Å². The van der Waals surface area contributed by atoms with Gasteiger partial charge in [-0.3, -0.25) is 0 Å². The van der Waals surface area contributed by atoms with E-state index < -0.39 is 0 Å². The third-order valence-electron chi connectivity index (χ3n) is 5.20. The summed E-state index contributed by atoms with van der Waals surface area (Å²) < 4.78 is 13.8. The van der Waals surface area contributed by atoms with E-state index in [1.807, 2.05) is 37.2 Å². The second-order valence-corrected chi connectivity index (χ2v) is 8.63. The molecule has 0 bridgehead atoms. The van der Waals surface area contributed by atoms with Crippen molar-refractivity contribution in [2.45, 2.75) is 52.8 Å². The number of hydrogen-bond acceptors (Lipinski definition) is 6. The van der Waals surface area contributed by atoms with Gasteiger partial charge in [0.15, 0.2) is 11.8 Å². The number of halogens is 1. The van der Waals surface area contributed by atoms with Crippen molar-refractivity contribution in [1.29, 1.82) is 0 Å². The Bertz CT molecular complexity index is 905. The van der Waals surface area contributed by atoms with Crippen molar-refractivity contribution in [3.63, 3.8) is 0 Å². The fourth-order valence-electron chi connectivity index (χ4n) is 3.42. The lowest BCUT2D eigenvalue weighted by molar-refractivity contribution is 0.254. The first-order chi connectivity index (χ1) is 15.0. The summed E-state index contributed by atoms with van der Waals surface area (Å²) >= 11 is 1.85. The van der Waals surface area contributed by atoms with E-state index in [-0.39, 0.29) is 30.1 Å². The van der Waals surface area contributed by atoms with Crippen LogP contribution >= 0.6 is 35.7 Å². The lowest BCUT2D eigenvalue weighted by Crippen LogP contribution is -2.38. The van der Waals surface area contributed by atoms with Gasteiger partial charge < -0.3 is 24.7 Å². The van der Waals surface area contributed by atoms with Gasteiger partial charge in [0, 0.05) is 31.1 Å².